The maximum absolute atomic E-state index is 12.8. The molecule has 0 radical (unpaired) electrons. The van der Waals surface area contributed by atoms with Crippen LogP contribution in [0, 0.1) is 22.0 Å². The number of hydrogen-bond acceptors (Lipinski definition) is 7. The van der Waals surface area contributed by atoms with Crippen LogP contribution in [0.15, 0.2) is 36.4 Å². The van der Waals surface area contributed by atoms with Gasteiger partial charge in [0.25, 0.3) is 11.6 Å². The number of benzene rings is 2. The predicted octanol–water partition coefficient (Wildman–Crippen LogP) is 4.91. The summed E-state index contributed by atoms with van der Waals surface area (Å²) in [7, 11) is 0. The number of rotatable bonds is 5. The number of nitrogens with zero attached hydrogens (tertiary/aromatic N) is 1. The minimum atomic E-state index is -0.606. The van der Waals surface area contributed by atoms with Crippen LogP contribution in [0.4, 0.5) is 11.4 Å². The van der Waals surface area contributed by atoms with E-state index < -0.39 is 10.8 Å². The van der Waals surface area contributed by atoms with E-state index in [0.29, 0.717) is 5.02 Å². The molecule has 0 bridgehead atoms. The first-order chi connectivity index (χ1) is 15.2. The molecule has 2 aromatic carbocycles. The molecule has 1 amide bonds. The Morgan fingerprint density at radius 1 is 1.16 bits per heavy atom. The average Bonchev–Trinajstić information content (AvgIpc) is 3.17. The van der Waals surface area contributed by atoms with E-state index in [1.165, 1.54) is 30.3 Å². The van der Waals surface area contributed by atoms with Gasteiger partial charge in [-0.25, -0.2) is 0 Å². The number of carbonyl (C=O) groups is 2. The van der Waals surface area contributed by atoms with Crippen molar-refractivity contribution in [1.29, 1.82) is 0 Å². The molecule has 1 aliphatic rings. The van der Waals surface area contributed by atoms with E-state index in [9.17, 15) is 19.7 Å². The third-order valence-corrected chi connectivity index (χ3v) is 5.52. The molecule has 0 heterocycles. The van der Waals surface area contributed by atoms with E-state index in [2.05, 4.69) is 5.32 Å². The summed E-state index contributed by atoms with van der Waals surface area (Å²) in [4.78, 5) is 51.8. The lowest BCUT2D eigenvalue weighted by atomic mass is 9.98. The second-order valence-corrected chi connectivity index (χ2v) is 7.88. The van der Waals surface area contributed by atoms with Crippen LogP contribution in [-0.2, 0) is 14.4 Å². The average molecular weight is 481 g/mol. The van der Waals surface area contributed by atoms with Gasteiger partial charge in [-0.2, -0.15) is 9.59 Å². The van der Waals surface area contributed by atoms with Crippen molar-refractivity contribution in [2.75, 3.05) is 5.32 Å². The van der Waals surface area contributed by atoms with Crippen LogP contribution in [-0.4, -0.2) is 23.0 Å². The zero-order valence-corrected chi connectivity index (χ0v) is 18.3. The van der Waals surface area contributed by atoms with Crippen molar-refractivity contribution in [3.8, 4) is 5.75 Å². The molecular formula is C21H18Cl2N2O7. The highest BCUT2D eigenvalue weighted by Gasteiger charge is 2.32. The van der Waals surface area contributed by atoms with Crippen molar-refractivity contribution in [1.82, 2.24) is 0 Å². The molecule has 32 heavy (non-hydrogen) atoms. The fourth-order valence-corrected chi connectivity index (χ4v) is 3.75. The van der Waals surface area contributed by atoms with Crippen LogP contribution in [0.5, 0.6) is 5.75 Å². The second-order valence-electron chi connectivity index (χ2n) is 7.03. The summed E-state index contributed by atoms with van der Waals surface area (Å²) in [5.74, 6) is -0.865. The van der Waals surface area contributed by atoms with Gasteiger partial charge >= 0.3 is 12.1 Å². The lowest BCUT2D eigenvalue weighted by Gasteiger charge is -2.16. The third-order valence-electron chi connectivity index (χ3n) is 4.97. The van der Waals surface area contributed by atoms with Gasteiger partial charge in [0, 0.05) is 17.2 Å². The molecule has 0 aliphatic heterocycles. The Bertz CT molecular complexity index is 1070. The van der Waals surface area contributed by atoms with E-state index in [-0.39, 0.29) is 51.7 Å². The zero-order valence-electron chi connectivity index (χ0n) is 16.8. The van der Waals surface area contributed by atoms with E-state index in [0.717, 1.165) is 25.3 Å². The fourth-order valence-electron chi connectivity index (χ4n) is 3.36. The number of hydrogen-bond donors (Lipinski definition) is 1. The highest BCUT2D eigenvalue weighted by molar-refractivity contribution is 6.34. The Labute approximate surface area is 192 Å². The van der Waals surface area contributed by atoms with E-state index in [1.54, 1.807) is 0 Å². The topological polar surface area (TPSA) is 133 Å². The van der Waals surface area contributed by atoms with E-state index >= 15 is 0 Å². The Morgan fingerprint density at radius 2 is 1.84 bits per heavy atom. The van der Waals surface area contributed by atoms with Crippen LogP contribution in [0.3, 0.4) is 0 Å². The Morgan fingerprint density at radius 3 is 2.41 bits per heavy atom. The van der Waals surface area contributed by atoms with Gasteiger partial charge in [-0.1, -0.05) is 36.5 Å². The minimum Gasteiger partial charge on any atom is -0.425 e. The quantitative estimate of drug-likeness (QED) is 0.278. The summed E-state index contributed by atoms with van der Waals surface area (Å²) in [5, 5.41) is 13.7. The first-order valence-electron chi connectivity index (χ1n) is 9.43. The first kappa shape index (κ1) is 25.0. The highest BCUT2D eigenvalue weighted by atomic mass is 35.5. The van der Waals surface area contributed by atoms with Crippen molar-refractivity contribution in [3.63, 3.8) is 0 Å². The fraction of sp³-hybridized carbons (Fsp3) is 0.286. The summed E-state index contributed by atoms with van der Waals surface area (Å²) < 4.78 is 5.51. The molecular weight excluding hydrogens is 463 g/mol. The summed E-state index contributed by atoms with van der Waals surface area (Å²) >= 11 is 12.0. The van der Waals surface area contributed by atoms with Crippen LogP contribution < -0.4 is 10.1 Å². The summed E-state index contributed by atoms with van der Waals surface area (Å²) in [6.07, 6.45) is 2.94. The molecule has 9 nitrogen and oxygen atoms in total. The number of anilines is 1. The van der Waals surface area contributed by atoms with Gasteiger partial charge < -0.3 is 10.1 Å². The van der Waals surface area contributed by atoms with Gasteiger partial charge in [-0.15, -0.1) is 0 Å². The monoisotopic (exact) mass is 480 g/mol. The number of nitrogens with one attached hydrogen (secondary N) is 1. The lowest BCUT2D eigenvalue weighted by Crippen LogP contribution is -2.24. The number of carbonyl (C=O) groups excluding carboxylic acids is 4. The molecule has 0 aromatic heterocycles. The largest absolute Gasteiger partial charge is 0.425 e. The molecule has 1 fully saturated rings. The molecule has 168 valence electrons. The number of ether oxygens (including phenoxy) is 1. The molecule has 0 spiro atoms. The lowest BCUT2D eigenvalue weighted by molar-refractivity contribution is -0.384. The number of amides is 1. The van der Waals surface area contributed by atoms with Crippen LogP contribution in [0.25, 0.3) is 0 Å². The van der Waals surface area contributed by atoms with Gasteiger partial charge in [-0.3, -0.25) is 19.7 Å². The number of halogens is 2. The van der Waals surface area contributed by atoms with Crippen molar-refractivity contribution >= 4 is 52.6 Å². The molecule has 1 N–H and O–H groups in total. The molecule has 2 atom stereocenters. The molecule has 1 saturated carbocycles. The predicted molar refractivity (Wildman–Crippen MR) is 115 cm³/mol. The van der Waals surface area contributed by atoms with Crippen LogP contribution in [0.1, 0.15) is 36.5 Å². The number of nitro benzene ring substituents is 1. The van der Waals surface area contributed by atoms with E-state index in [1.807, 2.05) is 6.92 Å². The van der Waals surface area contributed by atoms with Crippen LogP contribution in [0.2, 0.25) is 10.0 Å². The van der Waals surface area contributed by atoms with Gasteiger partial charge in [0.05, 0.1) is 27.1 Å². The van der Waals surface area contributed by atoms with Gasteiger partial charge in [0.2, 0.25) is 0 Å². The Kier molecular flexibility index (Phi) is 8.90. The van der Waals surface area contributed by atoms with Crippen molar-refractivity contribution < 1.29 is 28.8 Å². The normalized spacial score (nSPS) is 16.8. The standard InChI is InChI=1S/C20H18Cl2N2O5.CO2/c1-11-3-2-4-14(11)20(26)29-18-8-5-12(21)9-15(18)19(25)23-17-7-6-13(24(27)28)10-16(17)22;2-1-3/h5-11,14H,2-4H2,1H3,(H,23,25);/t11-,14?;/m1./s1. The summed E-state index contributed by atoms with van der Waals surface area (Å²) in [5.41, 5.74) is 0.0471. The number of esters is 1. The Hall–Kier alpha value is -3.26. The maximum atomic E-state index is 12.8. The Balaban J connectivity index is 0.00000114. The second kappa shape index (κ2) is 11.4. The smallest absolute Gasteiger partial charge is 0.373 e. The zero-order chi connectivity index (χ0) is 23.8. The molecule has 2 aromatic rings. The minimum absolute atomic E-state index is 0.00732. The van der Waals surface area contributed by atoms with E-state index in [4.69, 9.17) is 37.5 Å². The van der Waals surface area contributed by atoms with Gasteiger partial charge in [-0.05, 0) is 43.0 Å². The number of nitro groups is 1. The SMILES string of the molecule is C[C@@H]1CCCC1C(=O)Oc1ccc(Cl)cc1C(=O)Nc1ccc([N+](=O)[O-])cc1Cl.O=C=O. The molecule has 1 aliphatic carbocycles. The molecule has 0 saturated heterocycles. The maximum Gasteiger partial charge on any atom is 0.373 e. The van der Waals surface area contributed by atoms with Crippen molar-refractivity contribution in [2.24, 2.45) is 11.8 Å². The highest BCUT2D eigenvalue weighted by Crippen LogP contribution is 2.34. The first-order valence-corrected chi connectivity index (χ1v) is 10.2. The van der Waals surface area contributed by atoms with Crippen molar-refractivity contribution in [2.45, 2.75) is 26.2 Å². The summed E-state index contributed by atoms with van der Waals surface area (Å²) in [6.45, 7) is 2.00. The van der Waals surface area contributed by atoms with Gasteiger partial charge in [0.1, 0.15) is 5.75 Å². The molecule has 3 rings (SSSR count). The molecule has 1 unspecified atom stereocenters. The van der Waals surface area contributed by atoms with Crippen molar-refractivity contribution in [3.05, 3.63) is 62.1 Å². The summed E-state index contributed by atoms with van der Waals surface area (Å²) in [6, 6.07) is 8.06. The molecule has 11 heteroatoms. The van der Waals surface area contributed by atoms with Gasteiger partial charge in [0.15, 0.2) is 0 Å². The third kappa shape index (κ3) is 6.37. The number of non-ortho nitro benzene ring substituents is 1. The van der Waals surface area contributed by atoms with Crippen LogP contribution >= 0.6 is 23.2 Å².